The zero-order chi connectivity index (χ0) is 17.7. The van der Waals surface area contributed by atoms with Gasteiger partial charge < -0.3 is 14.9 Å². The Bertz CT molecular complexity index is 295. The number of unbranched alkanes of at least 4 members (excludes halogenated alkanes) is 12. The number of aliphatic hydroxyl groups excluding tert-OH is 2. The van der Waals surface area contributed by atoms with Crippen LogP contribution in [0.25, 0.3) is 0 Å². The summed E-state index contributed by atoms with van der Waals surface area (Å²) in [6, 6.07) is 0. The largest absolute Gasteiger partial charge is 0.396 e. The van der Waals surface area contributed by atoms with Gasteiger partial charge in [0.2, 0.25) is 0 Å². The van der Waals surface area contributed by atoms with Gasteiger partial charge in [-0.05, 0) is 13.3 Å². The monoisotopic (exact) mass is 342 g/mol. The van der Waals surface area contributed by atoms with E-state index in [9.17, 15) is 10.2 Å². The van der Waals surface area contributed by atoms with Crippen molar-refractivity contribution in [3.05, 3.63) is 0 Å². The van der Waals surface area contributed by atoms with Crippen LogP contribution in [-0.2, 0) is 4.74 Å². The van der Waals surface area contributed by atoms with Gasteiger partial charge in [-0.3, -0.25) is 0 Å². The lowest BCUT2D eigenvalue weighted by molar-refractivity contribution is -0.0539. The van der Waals surface area contributed by atoms with E-state index >= 15 is 0 Å². The Kier molecular flexibility index (Phi) is 12.0. The molecular weight excluding hydrogens is 300 g/mol. The van der Waals surface area contributed by atoms with E-state index in [2.05, 4.69) is 6.92 Å². The maximum Gasteiger partial charge on any atom is 0.0916 e. The highest BCUT2D eigenvalue weighted by atomic mass is 16.5. The van der Waals surface area contributed by atoms with Crippen LogP contribution in [0.15, 0.2) is 0 Å². The lowest BCUT2D eigenvalue weighted by Crippen LogP contribution is -2.39. The highest BCUT2D eigenvalue weighted by molar-refractivity contribution is 4.93. The molecule has 0 aromatic heterocycles. The predicted molar refractivity (Wildman–Crippen MR) is 101 cm³/mol. The average molecular weight is 343 g/mol. The van der Waals surface area contributed by atoms with Crippen molar-refractivity contribution in [2.45, 2.75) is 115 Å². The first-order valence-electron chi connectivity index (χ1n) is 10.6. The second-order valence-electron chi connectivity index (χ2n) is 8.00. The minimum Gasteiger partial charge on any atom is -0.396 e. The molecule has 0 aliphatic carbocycles. The first-order chi connectivity index (χ1) is 11.6. The Morgan fingerprint density at radius 2 is 1.29 bits per heavy atom. The Balaban J connectivity index is 1.87. The molecular formula is C21H42O3. The van der Waals surface area contributed by atoms with E-state index in [4.69, 9.17) is 4.74 Å². The molecule has 0 bridgehead atoms. The van der Waals surface area contributed by atoms with Gasteiger partial charge in [-0.25, -0.2) is 0 Å². The molecule has 1 unspecified atom stereocenters. The van der Waals surface area contributed by atoms with Gasteiger partial charge >= 0.3 is 0 Å². The molecule has 1 rings (SSSR count). The maximum absolute atomic E-state index is 10.2. The second kappa shape index (κ2) is 13.1. The van der Waals surface area contributed by atoms with Crippen LogP contribution in [-0.4, -0.2) is 35.1 Å². The molecule has 1 heterocycles. The van der Waals surface area contributed by atoms with Gasteiger partial charge in [0.15, 0.2) is 0 Å². The summed E-state index contributed by atoms with van der Waals surface area (Å²) >= 11 is 0. The topological polar surface area (TPSA) is 49.7 Å². The summed E-state index contributed by atoms with van der Waals surface area (Å²) in [6.07, 6.45) is 18.0. The summed E-state index contributed by atoms with van der Waals surface area (Å²) in [5, 5.41) is 19.4. The minimum absolute atomic E-state index is 0.0232. The van der Waals surface area contributed by atoms with E-state index in [1.54, 1.807) is 0 Å². The van der Waals surface area contributed by atoms with Crippen LogP contribution in [0.5, 0.6) is 0 Å². The van der Waals surface area contributed by atoms with E-state index in [0.29, 0.717) is 6.61 Å². The fourth-order valence-electron chi connectivity index (χ4n) is 3.84. The van der Waals surface area contributed by atoms with Gasteiger partial charge in [0.05, 0.1) is 24.9 Å². The fraction of sp³-hybridized carbons (Fsp3) is 1.00. The third kappa shape index (κ3) is 8.31. The van der Waals surface area contributed by atoms with E-state index in [1.165, 1.54) is 77.0 Å². The number of ether oxygens (including phenoxy) is 1. The molecule has 24 heavy (non-hydrogen) atoms. The number of rotatable bonds is 15. The minimum atomic E-state index is -0.514. The van der Waals surface area contributed by atoms with Crippen LogP contribution in [0, 0.1) is 5.92 Å². The number of hydrogen-bond donors (Lipinski definition) is 2. The third-order valence-corrected chi connectivity index (χ3v) is 5.71. The van der Waals surface area contributed by atoms with Crippen molar-refractivity contribution in [1.29, 1.82) is 0 Å². The molecule has 1 aliphatic heterocycles. The average Bonchev–Trinajstić information content (AvgIpc) is 2.87. The lowest BCUT2D eigenvalue weighted by Gasteiger charge is -2.28. The van der Waals surface area contributed by atoms with Crippen LogP contribution in [0.2, 0.25) is 0 Å². The van der Waals surface area contributed by atoms with Crippen molar-refractivity contribution >= 4 is 0 Å². The molecule has 0 aromatic rings. The molecule has 0 amide bonds. The molecule has 3 atom stereocenters. The predicted octanol–water partition coefficient (Wildman–Crippen LogP) is 5.23. The summed E-state index contributed by atoms with van der Waals surface area (Å²) in [5.74, 6) is -0.100. The molecule has 3 heteroatoms. The Hall–Kier alpha value is -0.120. The first-order valence-corrected chi connectivity index (χ1v) is 10.6. The van der Waals surface area contributed by atoms with Gasteiger partial charge in [-0.2, -0.15) is 0 Å². The molecule has 0 saturated carbocycles. The van der Waals surface area contributed by atoms with E-state index < -0.39 is 11.7 Å². The quantitative estimate of drug-likeness (QED) is 0.401. The van der Waals surface area contributed by atoms with Crippen LogP contribution >= 0.6 is 0 Å². The van der Waals surface area contributed by atoms with Crippen molar-refractivity contribution in [3.8, 4) is 0 Å². The SMILES string of the molecule is CCCCCCCCCCCCCCCC1(C)OC[C@@H](CO)[C@@H]1O. The molecule has 1 aliphatic rings. The maximum atomic E-state index is 10.2. The molecule has 144 valence electrons. The Labute approximate surface area is 150 Å². The van der Waals surface area contributed by atoms with Gasteiger partial charge in [0, 0.05) is 5.92 Å². The molecule has 0 spiro atoms. The fourth-order valence-corrected chi connectivity index (χ4v) is 3.84. The molecule has 0 aromatic carbocycles. The van der Waals surface area contributed by atoms with Crippen LogP contribution in [0.3, 0.4) is 0 Å². The van der Waals surface area contributed by atoms with E-state index in [-0.39, 0.29) is 12.5 Å². The summed E-state index contributed by atoms with van der Waals surface area (Å²) in [7, 11) is 0. The van der Waals surface area contributed by atoms with Gasteiger partial charge in [0.1, 0.15) is 0 Å². The summed E-state index contributed by atoms with van der Waals surface area (Å²) < 4.78 is 5.75. The van der Waals surface area contributed by atoms with Gasteiger partial charge in [-0.1, -0.05) is 90.4 Å². The molecule has 1 saturated heterocycles. The van der Waals surface area contributed by atoms with Crippen molar-refractivity contribution in [2.75, 3.05) is 13.2 Å². The molecule has 0 radical (unpaired) electrons. The zero-order valence-corrected chi connectivity index (χ0v) is 16.3. The van der Waals surface area contributed by atoms with Crippen LogP contribution in [0.1, 0.15) is 104 Å². The Morgan fingerprint density at radius 3 is 1.71 bits per heavy atom. The highest BCUT2D eigenvalue weighted by Gasteiger charge is 2.44. The van der Waals surface area contributed by atoms with E-state index in [1.807, 2.05) is 6.92 Å². The summed E-state index contributed by atoms with van der Waals surface area (Å²) in [6.45, 7) is 4.78. The van der Waals surface area contributed by atoms with Crippen LogP contribution < -0.4 is 0 Å². The molecule has 1 fully saturated rings. The summed E-state index contributed by atoms with van der Waals surface area (Å²) in [4.78, 5) is 0. The molecule has 3 nitrogen and oxygen atoms in total. The van der Waals surface area contributed by atoms with Crippen molar-refractivity contribution in [3.63, 3.8) is 0 Å². The van der Waals surface area contributed by atoms with E-state index in [0.717, 1.165) is 12.8 Å². The Morgan fingerprint density at radius 1 is 0.833 bits per heavy atom. The number of hydrogen-bond acceptors (Lipinski definition) is 3. The smallest absolute Gasteiger partial charge is 0.0916 e. The van der Waals surface area contributed by atoms with Crippen molar-refractivity contribution in [1.82, 2.24) is 0 Å². The van der Waals surface area contributed by atoms with Crippen LogP contribution in [0.4, 0.5) is 0 Å². The zero-order valence-electron chi connectivity index (χ0n) is 16.3. The summed E-state index contributed by atoms with van der Waals surface area (Å²) in [5.41, 5.74) is -0.439. The second-order valence-corrected chi connectivity index (χ2v) is 8.00. The van der Waals surface area contributed by atoms with Crippen molar-refractivity contribution in [2.24, 2.45) is 5.92 Å². The lowest BCUT2D eigenvalue weighted by atomic mass is 9.88. The van der Waals surface area contributed by atoms with Crippen molar-refractivity contribution < 1.29 is 14.9 Å². The normalized spacial score (nSPS) is 27.0. The third-order valence-electron chi connectivity index (χ3n) is 5.71. The van der Waals surface area contributed by atoms with Gasteiger partial charge in [-0.15, -0.1) is 0 Å². The standard InChI is InChI=1S/C21H42O3/c1-3-4-5-6-7-8-9-10-11-12-13-14-15-16-21(2)20(23)19(17-22)18-24-21/h19-20,22-23H,3-18H2,1-2H3/t19-,20+,21?/m1/s1. The highest BCUT2D eigenvalue weighted by Crippen LogP contribution is 2.34. The number of aliphatic hydroxyl groups is 2. The first kappa shape index (κ1) is 21.9. The van der Waals surface area contributed by atoms with Gasteiger partial charge in [0.25, 0.3) is 0 Å². The molecule has 2 N–H and O–H groups in total.